The molecule has 0 atom stereocenters. The second kappa shape index (κ2) is 4.24. The molecule has 1 rings (SSSR count). The molecular weight excluding hydrogens is 208 g/mol. The zero-order chi connectivity index (χ0) is 15.9. The van der Waals surface area contributed by atoms with Crippen molar-refractivity contribution in [2.75, 3.05) is 0 Å². The highest BCUT2D eigenvalue weighted by molar-refractivity contribution is 6.59. The van der Waals surface area contributed by atoms with E-state index in [1.54, 1.807) is 0 Å². The van der Waals surface area contributed by atoms with Gasteiger partial charge in [-0.15, -0.1) is 0 Å². The van der Waals surface area contributed by atoms with Crippen molar-refractivity contribution in [3.8, 4) is 0 Å². The molecule has 0 radical (unpaired) electrons. The molecule has 0 fully saturated rings. The molecule has 0 aliphatic heterocycles. The summed E-state index contributed by atoms with van der Waals surface area (Å²) in [5.41, 5.74) is -2.79. The van der Waals surface area contributed by atoms with Crippen molar-refractivity contribution in [2.45, 2.75) is 19.4 Å². The standard InChI is InChI=1S/C9H10BF3O2/c1-2-6-3-4-7(9(11,12)13)5-8(6)10(14)15/h3-5,14-15H,2H2,1H3/i1D3,2D2. The molecule has 0 saturated heterocycles. The second-order valence-electron chi connectivity index (χ2n) is 2.80. The van der Waals surface area contributed by atoms with E-state index in [1.807, 2.05) is 0 Å². The van der Waals surface area contributed by atoms with Crippen molar-refractivity contribution in [1.82, 2.24) is 0 Å². The first kappa shape index (κ1) is 6.55. The Hall–Kier alpha value is -1.01. The Morgan fingerprint density at radius 2 is 2.13 bits per heavy atom. The van der Waals surface area contributed by atoms with E-state index in [-0.39, 0.29) is 0 Å². The van der Waals surface area contributed by atoms with E-state index in [0.29, 0.717) is 18.2 Å². The van der Waals surface area contributed by atoms with Gasteiger partial charge in [-0.25, -0.2) is 0 Å². The molecule has 6 heteroatoms. The lowest BCUT2D eigenvalue weighted by Gasteiger charge is -2.11. The maximum absolute atomic E-state index is 12.5. The van der Waals surface area contributed by atoms with Gasteiger partial charge in [-0.05, 0) is 29.5 Å². The van der Waals surface area contributed by atoms with Gasteiger partial charge in [0.1, 0.15) is 0 Å². The number of benzene rings is 1. The molecule has 82 valence electrons. The Bertz CT molecular complexity index is 501. The summed E-state index contributed by atoms with van der Waals surface area (Å²) in [5.74, 6) is 0. The topological polar surface area (TPSA) is 40.5 Å². The van der Waals surface area contributed by atoms with Gasteiger partial charge in [0.2, 0.25) is 0 Å². The summed E-state index contributed by atoms with van der Waals surface area (Å²) in [6.45, 7) is -3.17. The first-order valence-electron chi connectivity index (χ1n) is 6.36. The van der Waals surface area contributed by atoms with Gasteiger partial charge in [0.25, 0.3) is 0 Å². The Morgan fingerprint density at radius 1 is 1.47 bits per heavy atom. The highest BCUT2D eigenvalue weighted by Crippen LogP contribution is 2.28. The normalized spacial score (nSPS) is 18.3. The van der Waals surface area contributed by atoms with E-state index in [4.69, 9.17) is 16.9 Å². The van der Waals surface area contributed by atoms with E-state index in [2.05, 4.69) is 0 Å². The van der Waals surface area contributed by atoms with Gasteiger partial charge in [0, 0.05) is 6.85 Å². The lowest BCUT2D eigenvalue weighted by atomic mass is 9.75. The molecule has 2 N–H and O–H groups in total. The summed E-state index contributed by atoms with van der Waals surface area (Å²) < 4.78 is 73.7. The van der Waals surface area contributed by atoms with Crippen molar-refractivity contribution >= 4 is 12.6 Å². The van der Waals surface area contributed by atoms with Crippen molar-refractivity contribution < 1.29 is 30.1 Å². The summed E-state index contributed by atoms with van der Waals surface area (Å²) in [6, 6.07) is 1.42. The molecule has 0 aliphatic rings. The molecule has 0 heterocycles. The van der Waals surface area contributed by atoms with Gasteiger partial charge in [-0.2, -0.15) is 13.2 Å². The molecular formula is C9H10BF3O2. The zero-order valence-electron chi connectivity index (χ0n) is 12.3. The largest absolute Gasteiger partial charge is 0.488 e. The number of hydrogen-bond donors (Lipinski definition) is 2. The number of aryl methyl sites for hydroxylation is 1. The summed E-state index contributed by atoms with van der Waals surface area (Å²) in [6.07, 6.45) is -7.79. The predicted octanol–water partition coefficient (Wildman–Crippen LogP) is 0.948. The number of hydrogen-bond acceptors (Lipinski definition) is 2. The van der Waals surface area contributed by atoms with Crippen LogP contribution >= 0.6 is 0 Å². The smallest absolute Gasteiger partial charge is 0.423 e. The van der Waals surface area contributed by atoms with E-state index in [0.717, 1.165) is 0 Å². The van der Waals surface area contributed by atoms with E-state index < -0.39 is 43.1 Å². The van der Waals surface area contributed by atoms with Crippen LogP contribution in [-0.4, -0.2) is 17.2 Å². The van der Waals surface area contributed by atoms with Crippen LogP contribution in [0.5, 0.6) is 0 Å². The van der Waals surface area contributed by atoms with Crippen LogP contribution in [0, 0.1) is 0 Å². The molecule has 0 amide bonds. The molecule has 15 heavy (non-hydrogen) atoms. The number of rotatable bonds is 2. The van der Waals surface area contributed by atoms with Gasteiger partial charge < -0.3 is 10.0 Å². The van der Waals surface area contributed by atoms with Crippen LogP contribution in [-0.2, 0) is 12.5 Å². The minimum atomic E-state index is -4.77. The third-order valence-corrected chi connectivity index (χ3v) is 1.79. The van der Waals surface area contributed by atoms with Crippen molar-refractivity contribution in [1.29, 1.82) is 0 Å². The van der Waals surface area contributed by atoms with E-state index in [1.165, 1.54) is 0 Å². The van der Waals surface area contributed by atoms with Crippen molar-refractivity contribution in [3.63, 3.8) is 0 Å². The second-order valence-corrected chi connectivity index (χ2v) is 2.80. The van der Waals surface area contributed by atoms with Crippen LogP contribution in [0.4, 0.5) is 13.2 Å². The van der Waals surface area contributed by atoms with Crippen LogP contribution in [0.3, 0.4) is 0 Å². The number of alkyl halides is 3. The molecule has 0 spiro atoms. The summed E-state index contributed by atoms with van der Waals surface area (Å²) >= 11 is 0. The van der Waals surface area contributed by atoms with E-state index in [9.17, 15) is 13.2 Å². The molecule has 0 unspecified atom stereocenters. The highest BCUT2D eigenvalue weighted by Gasteiger charge is 2.32. The summed E-state index contributed by atoms with van der Waals surface area (Å²) in [4.78, 5) is 0. The van der Waals surface area contributed by atoms with Gasteiger partial charge in [-0.3, -0.25) is 0 Å². The fourth-order valence-corrected chi connectivity index (χ4v) is 1.07. The van der Waals surface area contributed by atoms with Gasteiger partial charge in [-0.1, -0.05) is 12.9 Å². The van der Waals surface area contributed by atoms with Crippen LogP contribution in [0.2, 0.25) is 0 Å². The predicted molar refractivity (Wildman–Crippen MR) is 50.6 cm³/mol. The van der Waals surface area contributed by atoms with Crippen LogP contribution in [0.1, 0.15) is 24.8 Å². The Morgan fingerprint density at radius 3 is 2.60 bits per heavy atom. The molecule has 0 aliphatic carbocycles. The maximum atomic E-state index is 12.5. The quantitative estimate of drug-likeness (QED) is 0.732. The summed E-state index contributed by atoms with van der Waals surface area (Å²) in [5, 5.41) is 18.1. The zero-order valence-corrected chi connectivity index (χ0v) is 7.34. The highest BCUT2D eigenvalue weighted by atomic mass is 19.4. The maximum Gasteiger partial charge on any atom is 0.488 e. The average Bonchev–Trinajstić information content (AvgIpc) is 2.25. The van der Waals surface area contributed by atoms with Crippen molar-refractivity contribution in [3.05, 3.63) is 29.3 Å². The molecule has 1 aromatic carbocycles. The van der Waals surface area contributed by atoms with Gasteiger partial charge in [0.05, 0.1) is 5.56 Å². The summed E-state index contributed by atoms with van der Waals surface area (Å²) in [7, 11) is -2.43. The van der Waals surface area contributed by atoms with Gasteiger partial charge in [0.15, 0.2) is 0 Å². The van der Waals surface area contributed by atoms with Crippen molar-refractivity contribution in [2.24, 2.45) is 0 Å². The fourth-order valence-electron chi connectivity index (χ4n) is 1.07. The fraction of sp³-hybridized carbons (Fsp3) is 0.333. The Balaban J connectivity index is 3.50. The Kier molecular flexibility index (Phi) is 1.85. The van der Waals surface area contributed by atoms with E-state index >= 15 is 0 Å². The van der Waals surface area contributed by atoms with Crippen LogP contribution < -0.4 is 5.46 Å². The SMILES string of the molecule is [2H]C([2H])([2H])C([2H])([2H])c1ccc(C(F)(F)F)cc1B(O)O. The molecule has 1 aromatic rings. The lowest BCUT2D eigenvalue weighted by Crippen LogP contribution is -2.34. The lowest BCUT2D eigenvalue weighted by molar-refractivity contribution is -0.137. The monoisotopic (exact) mass is 223 g/mol. The minimum absolute atomic E-state index is 0.323. The third kappa shape index (κ3) is 2.73. The average molecular weight is 223 g/mol. The first-order valence-corrected chi connectivity index (χ1v) is 3.86. The Labute approximate surface area is 92.5 Å². The molecule has 0 saturated carbocycles. The minimum Gasteiger partial charge on any atom is -0.423 e. The number of halogens is 3. The molecule has 2 nitrogen and oxygen atoms in total. The third-order valence-electron chi connectivity index (χ3n) is 1.79. The van der Waals surface area contributed by atoms with Crippen LogP contribution in [0.25, 0.3) is 0 Å². The van der Waals surface area contributed by atoms with Gasteiger partial charge >= 0.3 is 13.3 Å². The van der Waals surface area contributed by atoms with Crippen LogP contribution in [0.15, 0.2) is 18.2 Å². The molecule has 0 aromatic heterocycles. The molecule has 0 bridgehead atoms. The first-order chi connectivity index (χ1) is 8.78.